The first-order chi connectivity index (χ1) is 9.61. The van der Waals surface area contributed by atoms with Crippen LogP contribution in [0.25, 0.3) is 0 Å². The van der Waals surface area contributed by atoms with E-state index in [0.717, 1.165) is 32.2 Å². The Morgan fingerprint density at radius 1 is 1.40 bits per heavy atom. The third-order valence-corrected chi connectivity index (χ3v) is 3.90. The van der Waals surface area contributed by atoms with E-state index in [1.54, 1.807) is 12.1 Å². The van der Waals surface area contributed by atoms with Crippen molar-refractivity contribution in [3.8, 4) is 5.75 Å². The molecule has 2 N–H and O–H groups in total. The highest BCUT2D eigenvalue weighted by Gasteiger charge is 2.25. The quantitative estimate of drug-likeness (QED) is 0.871. The van der Waals surface area contributed by atoms with E-state index >= 15 is 0 Å². The molecule has 3 atom stereocenters. The Hall–Kier alpha value is -1.13. The van der Waals surface area contributed by atoms with E-state index < -0.39 is 6.10 Å². The summed E-state index contributed by atoms with van der Waals surface area (Å²) in [6.07, 6.45) is 3.04. The van der Waals surface area contributed by atoms with Gasteiger partial charge in [-0.3, -0.25) is 0 Å². The van der Waals surface area contributed by atoms with Gasteiger partial charge in [0.15, 0.2) is 0 Å². The average molecular weight is 281 g/mol. The van der Waals surface area contributed by atoms with Crippen LogP contribution in [0.15, 0.2) is 18.2 Å². The monoisotopic (exact) mass is 281 g/mol. The van der Waals surface area contributed by atoms with E-state index in [0.29, 0.717) is 11.3 Å². The molecule has 2 rings (SSSR count). The van der Waals surface area contributed by atoms with Crippen LogP contribution in [0.4, 0.5) is 4.39 Å². The lowest BCUT2D eigenvalue weighted by Crippen LogP contribution is -2.34. The Balaban J connectivity index is 2.04. The van der Waals surface area contributed by atoms with Crippen LogP contribution in [0.5, 0.6) is 5.75 Å². The number of aliphatic hydroxyl groups excluding tert-OH is 1. The summed E-state index contributed by atoms with van der Waals surface area (Å²) in [7, 11) is 0. The normalized spacial score (nSPS) is 24.4. The third-order valence-electron chi connectivity index (χ3n) is 3.90. The van der Waals surface area contributed by atoms with Crippen molar-refractivity contribution in [2.75, 3.05) is 6.54 Å². The van der Waals surface area contributed by atoms with Crippen LogP contribution in [0.2, 0.25) is 0 Å². The highest BCUT2D eigenvalue weighted by atomic mass is 19.1. The molecule has 3 unspecified atom stereocenters. The molecule has 4 heteroatoms. The van der Waals surface area contributed by atoms with E-state index in [1.807, 2.05) is 13.8 Å². The number of rotatable bonds is 5. The zero-order valence-corrected chi connectivity index (χ0v) is 12.2. The lowest BCUT2D eigenvalue weighted by molar-refractivity contribution is 0.00671. The molecule has 0 amide bonds. The molecular weight excluding hydrogens is 257 g/mol. The van der Waals surface area contributed by atoms with Crippen molar-refractivity contribution < 1.29 is 14.2 Å². The molecule has 1 fully saturated rings. The molecule has 1 aliphatic carbocycles. The van der Waals surface area contributed by atoms with Gasteiger partial charge in [-0.1, -0.05) is 19.4 Å². The van der Waals surface area contributed by atoms with Gasteiger partial charge in [-0.25, -0.2) is 4.39 Å². The summed E-state index contributed by atoms with van der Waals surface area (Å²) in [4.78, 5) is 0. The molecule has 0 bridgehead atoms. The Kier molecular flexibility index (Phi) is 5.38. The molecule has 20 heavy (non-hydrogen) atoms. The van der Waals surface area contributed by atoms with Crippen LogP contribution >= 0.6 is 0 Å². The fourth-order valence-electron chi connectivity index (χ4n) is 2.74. The van der Waals surface area contributed by atoms with E-state index in [2.05, 4.69) is 5.32 Å². The summed E-state index contributed by atoms with van der Waals surface area (Å²) in [5.41, 5.74) is 0.642. The second-order valence-electron chi connectivity index (χ2n) is 5.47. The zero-order chi connectivity index (χ0) is 14.5. The van der Waals surface area contributed by atoms with Gasteiger partial charge in [0, 0.05) is 17.7 Å². The number of hydrogen-bond acceptors (Lipinski definition) is 3. The second kappa shape index (κ2) is 7.04. The van der Waals surface area contributed by atoms with Gasteiger partial charge in [0.25, 0.3) is 0 Å². The maximum absolute atomic E-state index is 14.1. The molecule has 0 aliphatic heterocycles. The first-order valence-electron chi connectivity index (χ1n) is 7.49. The smallest absolute Gasteiger partial charge is 0.131 e. The van der Waals surface area contributed by atoms with Gasteiger partial charge in [0.2, 0.25) is 0 Å². The van der Waals surface area contributed by atoms with Gasteiger partial charge in [0.05, 0.1) is 6.10 Å². The molecule has 1 aliphatic rings. The molecule has 3 nitrogen and oxygen atoms in total. The third kappa shape index (κ3) is 3.70. The fraction of sp³-hybridized carbons (Fsp3) is 0.625. The van der Waals surface area contributed by atoms with E-state index in [4.69, 9.17) is 4.74 Å². The van der Waals surface area contributed by atoms with Crippen molar-refractivity contribution in [3.05, 3.63) is 29.6 Å². The molecule has 0 heterocycles. The average Bonchev–Trinajstić information content (AvgIpc) is 2.42. The number of halogens is 1. The number of ether oxygens (including phenoxy) is 1. The first-order valence-corrected chi connectivity index (χ1v) is 7.49. The molecule has 0 saturated heterocycles. The highest BCUT2D eigenvalue weighted by molar-refractivity contribution is 5.31. The van der Waals surface area contributed by atoms with Gasteiger partial charge in [-0.05, 0) is 38.8 Å². The first kappa shape index (κ1) is 15.3. The molecule has 1 aromatic rings. The van der Waals surface area contributed by atoms with Crippen LogP contribution in [-0.4, -0.2) is 23.9 Å². The maximum atomic E-state index is 14.1. The predicted octanol–water partition coefficient (Wildman–Crippen LogP) is 3.18. The number of aliphatic hydroxyl groups is 1. The predicted molar refractivity (Wildman–Crippen MR) is 77.4 cm³/mol. The van der Waals surface area contributed by atoms with E-state index in [1.165, 1.54) is 6.07 Å². The number of hydrogen-bond donors (Lipinski definition) is 2. The minimum Gasteiger partial charge on any atom is -0.488 e. The van der Waals surface area contributed by atoms with Crippen molar-refractivity contribution in [1.29, 1.82) is 0 Å². The van der Waals surface area contributed by atoms with Crippen LogP contribution in [0.1, 0.15) is 51.1 Å². The van der Waals surface area contributed by atoms with E-state index in [9.17, 15) is 9.50 Å². The van der Waals surface area contributed by atoms with Crippen molar-refractivity contribution in [3.63, 3.8) is 0 Å². The van der Waals surface area contributed by atoms with Crippen molar-refractivity contribution in [2.45, 2.75) is 57.8 Å². The Bertz CT molecular complexity index is 438. The molecular formula is C16H24FNO2. The van der Waals surface area contributed by atoms with Crippen molar-refractivity contribution in [2.24, 2.45) is 0 Å². The summed E-state index contributed by atoms with van der Waals surface area (Å²) in [6, 6.07) is 4.94. The topological polar surface area (TPSA) is 41.5 Å². The minimum absolute atomic E-state index is 0.0191. The van der Waals surface area contributed by atoms with Gasteiger partial charge in [-0.2, -0.15) is 0 Å². The summed E-state index contributed by atoms with van der Waals surface area (Å²) < 4.78 is 19.8. The van der Waals surface area contributed by atoms with Gasteiger partial charge >= 0.3 is 0 Å². The highest BCUT2D eigenvalue weighted by Crippen LogP contribution is 2.26. The Morgan fingerprint density at radius 3 is 2.80 bits per heavy atom. The van der Waals surface area contributed by atoms with E-state index in [-0.39, 0.29) is 18.0 Å². The van der Waals surface area contributed by atoms with Crippen LogP contribution < -0.4 is 10.1 Å². The summed E-state index contributed by atoms with van der Waals surface area (Å²) in [5.74, 6) is 0.238. The van der Waals surface area contributed by atoms with Crippen molar-refractivity contribution in [1.82, 2.24) is 5.32 Å². The molecule has 1 saturated carbocycles. The largest absolute Gasteiger partial charge is 0.488 e. The maximum Gasteiger partial charge on any atom is 0.131 e. The molecule has 0 spiro atoms. The molecule has 0 aromatic heterocycles. The molecule has 1 aromatic carbocycles. The number of benzene rings is 1. The van der Waals surface area contributed by atoms with Gasteiger partial charge in [0.1, 0.15) is 17.7 Å². The van der Waals surface area contributed by atoms with Crippen LogP contribution in [-0.2, 0) is 0 Å². The lowest BCUT2D eigenvalue weighted by atomic mass is 9.95. The summed E-state index contributed by atoms with van der Waals surface area (Å²) in [6.45, 7) is 4.73. The standard InChI is InChI=1S/C16H24FNO2/c1-3-18-11(2)13-9-8-12(10-14(13)17)20-16-7-5-4-6-15(16)19/h8-11,15-16,18-19H,3-7H2,1-2H3. The molecule has 0 radical (unpaired) electrons. The Morgan fingerprint density at radius 2 is 2.15 bits per heavy atom. The van der Waals surface area contributed by atoms with Crippen molar-refractivity contribution >= 4 is 0 Å². The second-order valence-corrected chi connectivity index (χ2v) is 5.47. The fourth-order valence-corrected chi connectivity index (χ4v) is 2.74. The lowest BCUT2D eigenvalue weighted by Gasteiger charge is -2.28. The van der Waals surface area contributed by atoms with Gasteiger partial charge in [-0.15, -0.1) is 0 Å². The minimum atomic E-state index is -0.438. The molecule has 112 valence electrons. The number of nitrogens with one attached hydrogen (secondary N) is 1. The van der Waals surface area contributed by atoms with Crippen LogP contribution in [0.3, 0.4) is 0 Å². The summed E-state index contributed by atoms with van der Waals surface area (Å²) >= 11 is 0. The SMILES string of the molecule is CCNC(C)c1ccc(OC2CCCCC2O)cc1F. The Labute approximate surface area is 120 Å². The van der Waals surface area contributed by atoms with Gasteiger partial charge < -0.3 is 15.2 Å². The summed E-state index contributed by atoms with van der Waals surface area (Å²) in [5, 5.41) is 13.1. The van der Waals surface area contributed by atoms with Crippen LogP contribution in [0, 0.1) is 5.82 Å². The zero-order valence-electron chi connectivity index (χ0n) is 12.2.